The van der Waals surface area contributed by atoms with E-state index in [1.165, 1.54) is 18.4 Å². The normalized spacial score (nSPS) is 17.2. The zero-order valence-electron chi connectivity index (χ0n) is 15.2. The first-order chi connectivity index (χ1) is 12.7. The molecule has 1 amide bonds. The summed E-state index contributed by atoms with van der Waals surface area (Å²) < 4.78 is 5.34. The SMILES string of the molecule is COc1ccccc1C(=O)N1CC(N(Cc2ccncc2)CC2CC2)C1. The topological polar surface area (TPSA) is 45.7 Å². The molecule has 0 bridgehead atoms. The minimum Gasteiger partial charge on any atom is -0.496 e. The molecule has 0 radical (unpaired) electrons. The number of amides is 1. The van der Waals surface area contributed by atoms with Crippen LogP contribution >= 0.6 is 0 Å². The molecule has 2 aliphatic rings. The second-order valence-electron chi connectivity index (χ2n) is 7.29. The van der Waals surface area contributed by atoms with Crippen molar-refractivity contribution in [3.63, 3.8) is 0 Å². The van der Waals surface area contributed by atoms with Crippen molar-refractivity contribution in [1.29, 1.82) is 0 Å². The molecule has 136 valence electrons. The first kappa shape index (κ1) is 17.0. The first-order valence-corrected chi connectivity index (χ1v) is 9.30. The zero-order chi connectivity index (χ0) is 17.9. The van der Waals surface area contributed by atoms with Crippen LogP contribution in [0.5, 0.6) is 5.75 Å². The molecule has 1 saturated carbocycles. The number of methoxy groups -OCH3 is 1. The molecule has 1 aliphatic carbocycles. The lowest BCUT2D eigenvalue weighted by atomic mass is 10.0. The second-order valence-corrected chi connectivity index (χ2v) is 7.29. The standard InChI is InChI=1S/C21H25N3O2/c1-26-20-5-3-2-4-19(20)21(25)24-14-18(15-24)23(12-16-6-7-16)13-17-8-10-22-11-9-17/h2-5,8-11,16,18H,6-7,12-15H2,1H3. The van der Waals surface area contributed by atoms with E-state index in [1.54, 1.807) is 7.11 Å². The molecule has 0 spiro atoms. The molecule has 2 aromatic rings. The van der Waals surface area contributed by atoms with E-state index in [0.29, 0.717) is 17.4 Å². The highest BCUT2D eigenvalue weighted by atomic mass is 16.5. The van der Waals surface area contributed by atoms with Crippen LogP contribution < -0.4 is 4.74 Å². The summed E-state index contributed by atoms with van der Waals surface area (Å²) in [5.41, 5.74) is 1.94. The molecule has 2 heterocycles. The summed E-state index contributed by atoms with van der Waals surface area (Å²) in [6.07, 6.45) is 6.37. The van der Waals surface area contributed by atoms with Gasteiger partial charge in [-0.25, -0.2) is 0 Å². The molecular formula is C21H25N3O2. The Morgan fingerprint density at radius 3 is 2.62 bits per heavy atom. The number of ether oxygens (including phenoxy) is 1. The third-order valence-electron chi connectivity index (χ3n) is 5.33. The third kappa shape index (κ3) is 3.73. The highest BCUT2D eigenvalue weighted by Gasteiger charge is 2.38. The van der Waals surface area contributed by atoms with Gasteiger partial charge in [-0.3, -0.25) is 14.7 Å². The minimum absolute atomic E-state index is 0.0639. The Balaban J connectivity index is 1.40. The van der Waals surface area contributed by atoms with E-state index in [4.69, 9.17) is 4.74 Å². The summed E-state index contributed by atoms with van der Waals surface area (Å²) in [5, 5.41) is 0. The summed E-state index contributed by atoms with van der Waals surface area (Å²) in [4.78, 5) is 21.4. The molecule has 1 aliphatic heterocycles. The largest absolute Gasteiger partial charge is 0.496 e. The maximum absolute atomic E-state index is 12.8. The van der Waals surface area contributed by atoms with Crippen LogP contribution in [0.2, 0.25) is 0 Å². The maximum Gasteiger partial charge on any atom is 0.257 e. The minimum atomic E-state index is 0.0639. The molecule has 26 heavy (non-hydrogen) atoms. The molecule has 1 saturated heterocycles. The Hall–Kier alpha value is -2.40. The van der Waals surface area contributed by atoms with Crippen molar-refractivity contribution in [3.05, 3.63) is 59.9 Å². The predicted octanol–water partition coefficient (Wildman–Crippen LogP) is 2.83. The van der Waals surface area contributed by atoms with Crippen molar-refractivity contribution in [2.75, 3.05) is 26.7 Å². The Bertz CT molecular complexity index is 755. The van der Waals surface area contributed by atoms with Crippen molar-refractivity contribution < 1.29 is 9.53 Å². The Morgan fingerprint density at radius 2 is 1.92 bits per heavy atom. The summed E-state index contributed by atoms with van der Waals surface area (Å²) in [6.45, 7) is 3.63. The van der Waals surface area contributed by atoms with Crippen molar-refractivity contribution in [2.24, 2.45) is 5.92 Å². The fraction of sp³-hybridized carbons (Fsp3) is 0.429. The summed E-state index contributed by atoms with van der Waals surface area (Å²) in [6, 6.07) is 12.0. The lowest BCUT2D eigenvalue weighted by Gasteiger charge is -2.45. The number of carbonyl (C=O) groups is 1. The second kappa shape index (κ2) is 7.46. The van der Waals surface area contributed by atoms with Crippen LogP contribution in [0.3, 0.4) is 0 Å². The predicted molar refractivity (Wildman–Crippen MR) is 100 cm³/mol. The molecule has 5 nitrogen and oxygen atoms in total. The van der Waals surface area contributed by atoms with E-state index in [1.807, 2.05) is 41.6 Å². The number of nitrogens with zero attached hydrogens (tertiary/aromatic N) is 3. The Morgan fingerprint density at radius 1 is 1.19 bits per heavy atom. The number of rotatable bonds is 7. The van der Waals surface area contributed by atoms with Gasteiger partial charge in [0.15, 0.2) is 0 Å². The fourth-order valence-electron chi connectivity index (χ4n) is 3.54. The van der Waals surface area contributed by atoms with Crippen LogP contribution in [-0.4, -0.2) is 53.5 Å². The number of benzene rings is 1. The average Bonchev–Trinajstić information content (AvgIpc) is 3.45. The smallest absolute Gasteiger partial charge is 0.257 e. The monoisotopic (exact) mass is 351 g/mol. The Labute approximate surface area is 154 Å². The molecular weight excluding hydrogens is 326 g/mol. The van der Waals surface area contributed by atoms with Gasteiger partial charge in [-0.05, 0) is 48.6 Å². The van der Waals surface area contributed by atoms with Crippen LogP contribution in [0.4, 0.5) is 0 Å². The summed E-state index contributed by atoms with van der Waals surface area (Å²) in [5.74, 6) is 1.54. The van der Waals surface area contributed by atoms with E-state index in [0.717, 1.165) is 32.1 Å². The van der Waals surface area contributed by atoms with E-state index < -0.39 is 0 Å². The van der Waals surface area contributed by atoms with Gasteiger partial charge >= 0.3 is 0 Å². The fourth-order valence-corrected chi connectivity index (χ4v) is 3.54. The van der Waals surface area contributed by atoms with Crippen LogP contribution in [0.25, 0.3) is 0 Å². The van der Waals surface area contributed by atoms with Gasteiger partial charge < -0.3 is 9.64 Å². The van der Waals surface area contributed by atoms with Gasteiger partial charge in [0.2, 0.25) is 0 Å². The van der Waals surface area contributed by atoms with Gasteiger partial charge in [0.05, 0.1) is 12.7 Å². The number of likely N-dealkylation sites (tertiary alicyclic amines) is 1. The van der Waals surface area contributed by atoms with Gasteiger partial charge in [0, 0.05) is 44.6 Å². The number of carbonyl (C=O) groups excluding carboxylic acids is 1. The Kier molecular flexibility index (Phi) is 4.89. The van der Waals surface area contributed by atoms with Crippen LogP contribution in [0.1, 0.15) is 28.8 Å². The van der Waals surface area contributed by atoms with Gasteiger partial charge in [-0.15, -0.1) is 0 Å². The zero-order valence-corrected chi connectivity index (χ0v) is 15.2. The maximum atomic E-state index is 12.8. The van der Waals surface area contributed by atoms with Gasteiger partial charge in [-0.1, -0.05) is 12.1 Å². The summed E-state index contributed by atoms with van der Waals surface area (Å²) in [7, 11) is 1.61. The van der Waals surface area contributed by atoms with E-state index in [2.05, 4.69) is 22.0 Å². The molecule has 2 fully saturated rings. The number of hydrogen-bond donors (Lipinski definition) is 0. The number of aromatic nitrogens is 1. The van der Waals surface area contributed by atoms with Gasteiger partial charge in [-0.2, -0.15) is 0 Å². The van der Waals surface area contributed by atoms with Crippen LogP contribution in [0, 0.1) is 5.92 Å². The molecule has 1 aromatic heterocycles. The average molecular weight is 351 g/mol. The lowest BCUT2D eigenvalue weighted by Crippen LogP contribution is -2.61. The quantitative estimate of drug-likeness (QED) is 0.769. The van der Waals surface area contributed by atoms with Crippen molar-refractivity contribution in [3.8, 4) is 5.75 Å². The number of hydrogen-bond acceptors (Lipinski definition) is 4. The van der Waals surface area contributed by atoms with Crippen molar-refractivity contribution in [2.45, 2.75) is 25.4 Å². The van der Waals surface area contributed by atoms with E-state index >= 15 is 0 Å². The van der Waals surface area contributed by atoms with Crippen molar-refractivity contribution in [1.82, 2.24) is 14.8 Å². The van der Waals surface area contributed by atoms with Crippen molar-refractivity contribution >= 4 is 5.91 Å². The first-order valence-electron chi connectivity index (χ1n) is 9.30. The number of para-hydroxylation sites is 1. The molecule has 0 unspecified atom stereocenters. The number of pyridine rings is 1. The van der Waals surface area contributed by atoms with Gasteiger partial charge in [0.25, 0.3) is 5.91 Å². The molecule has 0 N–H and O–H groups in total. The lowest BCUT2D eigenvalue weighted by molar-refractivity contribution is 0.0218. The molecule has 0 atom stereocenters. The third-order valence-corrected chi connectivity index (χ3v) is 5.33. The van der Waals surface area contributed by atoms with Crippen LogP contribution in [-0.2, 0) is 6.54 Å². The van der Waals surface area contributed by atoms with E-state index in [9.17, 15) is 4.79 Å². The molecule has 5 heteroatoms. The molecule has 1 aromatic carbocycles. The van der Waals surface area contributed by atoms with Crippen LogP contribution in [0.15, 0.2) is 48.8 Å². The van der Waals surface area contributed by atoms with Gasteiger partial charge in [0.1, 0.15) is 5.75 Å². The summed E-state index contributed by atoms with van der Waals surface area (Å²) >= 11 is 0. The van der Waals surface area contributed by atoms with E-state index in [-0.39, 0.29) is 5.91 Å². The molecule has 4 rings (SSSR count). The highest BCUT2D eigenvalue weighted by Crippen LogP contribution is 2.32. The highest BCUT2D eigenvalue weighted by molar-refractivity contribution is 5.97.